The molecule has 4 fully saturated rings. The highest BCUT2D eigenvalue weighted by atomic mass is 19.1. The Balaban J connectivity index is 1.49. The van der Waals surface area contributed by atoms with Gasteiger partial charge in [-0.25, -0.2) is 4.39 Å². The standard InChI is InChI=1S/C17H22FNO/c18-15-3-1-2-12(7-15)4-5-19-16-8-13-6-14(9-16)11-17(19,20)10-13/h1-3,7,13-14,16,20H,4-6,8-11H2. The number of benzene rings is 1. The number of rotatable bonds is 3. The number of hydrogen-bond acceptors (Lipinski definition) is 2. The second kappa shape index (κ2) is 4.54. The molecule has 2 aliphatic heterocycles. The summed E-state index contributed by atoms with van der Waals surface area (Å²) in [4.78, 5) is 2.32. The summed E-state index contributed by atoms with van der Waals surface area (Å²) >= 11 is 0. The van der Waals surface area contributed by atoms with Crippen molar-refractivity contribution in [1.82, 2.24) is 4.90 Å². The fourth-order valence-corrected chi connectivity index (χ4v) is 5.03. The molecule has 1 N–H and O–H groups in total. The second-order valence-corrected chi connectivity index (χ2v) is 7.06. The Hall–Kier alpha value is -0.930. The third kappa shape index (κ3) is 2.08. The Kier molecular flexibility index (Phi) is 2.90. The van der Waals surface area contributed by atoms with Gasteiger partial charge in [0.2, 0.25) is 0 Å². The van der Waals surface area contributed by atoms with Crippen LogP contribution in [-0.4, -0.2) is 28.3 Å². The van der Waals surface area contributed by atoms with Gasteiger partial charge in [-0.15, -0.1) is 0 Å². The fraction of sp³-hybridized carbons (Fsp3) is 0.647. The third-order valence-electron chi connectivity index (χ3n) is 5.61. The zero-order valence-corrected chi connectivity index (χ0v) is 11.8. The van der Waals surface area contributed by atoms with Crippen molar-refractivity contribution < 1.29 is 9.50 Å². The average molecular weight is 275 g/mol. The first-order chi connectivity index (χ1) is 9.62. The van der Waals surface area contributed by atoms with Gasteiger partial charge in [-0.3, -0.25) is 4.90 Å². The third-order valence-corrected chi connectivity index (χ3v) is 5.61. The summed E-state index contributed by atoms with van der Waals surface area (Å²) in [7, 11) is 0. The Labute approximate surface area is 119 Å². The van der Waals surface area contributed by atoms with Gasteiger partial charge in [0.15, 0.2) is 0 Å². The minimum atomic E-state index is -0.567. The highest BCUT2D eigenvalue weighted by Gasteiger charge is 2.54. The van der Waals surface area contributed by atoms with E-state index in [1.807, 2.05) is 6.07 Å². The highest BCUT2D eigenvalue weighted by Crippen LogP contribution is 2.53. The molecule has 4 bridgehead atoms. The smallest absolute Gasteiger partial charge is 0.123 e. The van der Waals surface area contributed by atoms with E-state index in [-0.39, 0.29) is 5.82 Å². The lowest BCUT2D eigenvalue weighted by Gasteiger charge is -2.61. The summed E-state index contributed by atoms with van der Waals surface area (Å²) in [5.41, 5.74) is 0.463. The van der Waals surface area contributed by atoms with E-state index >= 15 is 0 Å². The molecule has 0 amide bonds. The zero-order chi connectivity index (χ0) is 13.7. The van der Waals surface area contributed by atoms with E-state index in [4.69, 9.17) is 0 Å². The topological polar surface area (TPSA) is 23.5 Å². The van der Waals surface area contributed by atoms with Crippen molar-refractivity contribution in [3.05, 3.63) is 35.6 Å². The largest absolute Gasteiger partial charge is 0.376 e. The first-order valence-corrected chi connectivity index (χ1v) is 7.86. The van der Waals surface area contributed by atoms with E-state index in [1.54, 1.807) is 12.1 Å². The molecular formula is C17H22FNO. The Morgan fingerprint density at radius 3 is 2.60 bits per heavy atom. The van der Waals surface area contributed by atoms with Crippen molar-refractivity contribution in [2.24, 2.45) is 11.8 Å². The van der Waals surface area contributed by atoms with Crippen LogP contribution < -0.4 is 0 Å². The first kappa shape index (κ1) is 12.8. The van der Waals surface area contributed by atoms with Gasteiger partial charge >= 0.3 is 0 Å². The fourth-order valence-electron chi connectivity index (χ4n) is 5.03. The van der Waals surface area contributed by atoms with Gasteiger partial charge in [0.1, 0.15) is 11.5 Å². The summed E-state index contributed by atoms with van der Waals surface area (Å²) < 4.78 is 13.2. The molecule has 3 heteroatoms. The van der Waals surface area contributed by atoms with Crippen LogP contribution in [0.3, 0.4) is 0 Å². The van der Waals surface area contributed by atoms with Crippen molar-refractivity contribution in [3.8, 4) is 0 Å². The minimum absolute atomic E-state index is 0.165. The molecule has 0 spiro atoms. The zero-order valence-electron chi connectivity index (χ0n) is 11.8. The minimum Gasteiger partial charge on any atom is -0.376 e. The average Bonchev–Trinajstić information content (AvgIpc) is 2.36. The molecule has 2 unspecified atom stereocenters. The monoisotopic (exact) mass is 275 g/mol. The van der Waals surface area contributed by atoms with Gasteiger partial charge in [-0.1, -0.05) is 12.1 Å². The Morgan fingerprint density at radius 1 is 1.20 bits per heavy atom. The van der Waals surface area contributed by atoms with E-state index in [2.05, 4.69) is 4.90 Å². The molecule has 5 rings (SSSR count). The van der Waals surface area contributed by atoms with Crippen LogP contribution in [0.2, 0.25) is 0 Å². The van der Waals surface area contributed by atoms with Crippen LogP contribution in [0.25, 0.3) is 0 Å². The van der Waals surface area contributed by atoms with Crippen LogP contribution in [0.4, 0.5) is 4.39 Å². The summed E-state index contributed by atoms with van der Waals surface area (Å²) in [6.45, 7) is 0.851. The van der Waals surface area contributed by atoms with Crippen LogP contribution in [0.1, 0.15) is 37.7 Å². The lowest BCUT2D eigenvalue weighted by Crippen LogP contribution is -2.66. The summed E-state index contributed by atoms with van der Waals surface area (Å²) in [6.07, 6.45) is 6.55. The van der Waals surface area contributed by atoms with E-state index in [9.17, 15) is 9.50 Å². The summed E-state index contributed by atoms with van der Waals surface area (Å²) in [5, 5.41) is 10.9. The molecule has 20 heavy (non-hydrogen) atoms. The molecule has 2 atom stereocenters. The summed E-state index contributed by atoms with van der Waals surface area (Å²) in [6, 6.07) is 7.40. The van der Waals surface area contributed by atoms with Gasteiger partial charge in [-0.2, -0.15) is 0 Å². The van der Waals surface area contributed by atoms with Gasteiger partial charge in [0.05, 0.1) is 0 Å². The van der Waals surface area contributed by atoms with Crippen LogP contribution in [-0.2, 0) is 6.42 Å². The molecular weight excluding hydrogens is 253 g/mol. The Morgan fingerprint density at radius 2 is 1.95 bits per heavy atom. The van der Waals surface area contributed by atoms with Crippen LogP contribution in [0.5, 0.6) is 0 Å². The lowest BCUT2D eigenvalue weighted by molar-refractivity contribution is -0.231. The number of aliphatic hydroxyl groups is 1. The molecule has 0 radical (unpaired) electrons. The molecule has 2 heterocycles. The Bertz CT molecular complexity index is 503. The van der Waals surface area contributed by atoms with Crippen molar-refractivity contribution in [3.63, 3.8) is 0 Å². The maximum absolute atomic E-state index is 13.2. The van der Waals surface area contributed by atoms with Crippen molar-refractivity contribution in [1.29, 1.82) is 0 Å². The quantitative estimate of drug-likeness (QED) is 0.917. The van der Waals surface area contributed by atoms with Crippen molar-refractivity contribution >= 4 is 0 Å². The molecule has 0 aromatic heterocycles. The van der Waals surface area contributed by atoms with Crippen LogP contribution in [0.15, 0.2) is 24.3 Å². The molecule has 1 aromatic rings. The van der Waals surface area contributed by atoms with Gasteiger partial charge in [0.25, 0.3) is 0 Å². The van der Waals surface area contributed by atoms with Crippen molar-refractivity contribution in [2.45, 2.75) is 50.3 Å². The molecule has 108 valence electrons. The molecule has 2 nitrogen and oxygen atoms in total. The van der Waals surface area contributed by atoms with Gasteiger partial charge in [0, 0.05) is 12.6 Å². The van der Waals surface area contributed by atoms with Gasteiger partial charge in [-0.05, 0) is 68.1 Å². The number of halogens is 1. The number of hydrogen-bond donors (Lipinski definition) is 1. The van der Waals surface area contributed by atoms with Gasteiger partial charge < -0.3 is 5.11 Å². The first-order valence-electron chi connectivity index (χ1n) is 7.86. The predicted octanol–water partition coefficient (Wildman–Crippen LogP) is 2.95. The molecule has 1 aromatic carbocycles. The molecule has 2 saturated carbocycles. The van der Waals surface area contributed by atoms with Crippen LogP contribution >= 0.6 is 0 Å². The lowest BCUT2D eigenvalue weighted by atomic mass is 9.62. The van der Waals surface area contributed by atoms with E-state index < -0.39 is 5.72 Å². The highest BCUT2D eigenvalue weighted by molar-refractivity contribution is 5.17. The summed E-state index contributed by atoms with van der Waals surface area (Å²) in [5.74, 6) is 1.31. The van der Waals surface area contributed by atoms with E-state index in [1.165, 1.54) is 25.3 Å². The predicted molar refractivity (Wildman–Crippen MR) is 75.6 cm³/mol. The molecule has 2 saturated heterocycles. The number of nitrogens with zero attached hydrogens (tertiary/aromatic N) is 1. The maximum atomic E-state index is 13.2. The maximum Gasteiger partial charge on any atom is 0.123 e. The van der Waals surface area contributed by atoms with E-state index in [0.29, 0.717) is 6.04 Å². The molecule has 4 aliphatic rings. The second-order valence-electron chi connectivity index (χ2n) is 7.06. The van der Waals surface area contributed by atoms with Crippen LogP contribution in [0, 0.1) is 17.7 Å². The normalized spacial score (nSPS) is 39.4. The van der Waals surface area contributed by atoms with E-state index in [0.717, 1.165) is 43.2 Å². The molecule has 2 aliphatic carbocycles. The van der Waals surface area contributed by atoms with Crippen molar-refractivity contribution in [2.75, 3.05) is 6.54 Å². The SMILES string of the molecule is OC12CC3CC(CC(C3)N1CCc1cccc(F)c1)C2. The number of piperidine rings is 2.